The van der Waals surface area contributed by atoms with Crippen molar-refractivity contribution in [3.8, 4) is 0 Å². The number of hydrogen-bond donors (Lipinski definition) is 0. The number of furan rings is 1. The van der Waals surface area contributed by atoms with Gasteiger partial charge in [-0.15, -0.1) is 0 Å². The lowest BCUT2D eigenvalue weighted by atomic mass is 9.46. The minimum atomic E-state index is 0.213. The van der Waals surface area contributed by atoms with Gasteiger partial charge in [-0.05, 0) is 66.9 Å². The molecule has 21 heavy (non-hydrogen) atoms. The maximum Gasteiger partial charge on any atom is 0.136 e. The van der Waals surface area contributed by atoms with Gasteiger partial charge in [0.2, 0.25) is 0 Å². The Balaban J connectivity index is 1.63. The smallest absolute Gasteiger partial charge is 0.136 e. The van der Waals surface area contributed by atoms with Crippen molar-refractivity contribution < 1.29 is 9.21 Å². The number of carbonyl (C=O) groups is 1. The molecule has 110 valence electrons. The zero-order valence-electron chi connectivity index (χ0n) is 12.6. The zero-order chi connectivity index (χ0) is 14.2. The first-order chi connectivity index (χ1) is 10.1. The molecule has 0 unspecified atom stereocenters. The minimum Gasteiger partial charge on any atom is -0.465 e. The van der Waals surface area contributed by atoms with Crippen LogP contribution in [0.1, 0.15) is 62.7 Å². The number of carbonyl (C=O) groups excluding carboxylic acids is 1. The van der Waals surface area contributed by atoms with E-state index in [0.29, 0.717) is 29.0 Å². The molecule has 1 heterocycles. The van der Waals surface area contributed by atoms with Crippen molar-refractivity contribution in [2.75, 3.05) is 0 Å². The molecule has 1 aromatic heterocycles. The van der Waals surface area contributed by atoms with E-state index in [-0.39, 0.29) is 5.41 Å². The molecule has 2 bridgehead atoms. The van der Waals surface area contributed by atoms with Crippen LogP contribution >= 0.6 is 0 Å². The van der Waals surface area contributed by atoms with Gasteiger partial charge in [-0.3, -0.25) is 4.79 Å². The summed E-state index contributed by atoms with van der Waals surface area (Å²) in [5, 5.41) is 0. The summed E-state index contributed by atoms with van der Waals surface area (Å²) < 4.78 is 5.62. The third-order valence-electron chi connectivity index (χ3n) is 7.31. The van der Waals surface area contributed by atoms with E-state index in [1.807, 2.05) is 6.26 Å². The van der Waals surface area contributed by atoms with E-state index in [2.05, 4.69) is 25.1 Å². The molecule has 1 aromatic rings. The SMILES string of the molecule is C[C@@]12C=Cc3occc3[C@H]1CC[C@]13CC(=O)[C@@H](CC[C@@H]12)C3. The molecule has 0 amide bonds. The highest BCUT2D eigenvalue weighted by molar-refractivity contribution is 5.84. The Labute approximate surface area is 125 Å². The van der Waals surface area contributed by atoms with Crippen LogP contribution in [0.2, 0.25) is 0 Å². The van der Waals surface area contributed by atoms with Gasteiger partial charge in [0.25, 0.3) is 0 Å². The molecule has 2 heteroatoms. The predicted octanol–water partition coefficient (Wildman–Crippen LogP) is 4.57. The molecule has 0 aromatic carbocycles. The van der Waals surface area contributed by atoms with Crippen molar-refractivity contribution in [2.24, 2.45) is 22.7 Å². The van der Waals surface area contributed by atoms with E-state index < -0.39 is 0 Å². The highest BCUT2D eigenvalue weighted by Gasteiger charge is 2.61. The van der Waals surface area contributed by atoms with Gasteiger partial charge in [-0.2, -0.15) is 0 Å². The fourth-order valence-corrected chi connectivity index (χ4v) is 6.42. The molecule has 0 radical (unpaired) electrons. The van der Waals surface area contributed by atoms with Gasteiger partial charge in [-0.25, -0.2) is 0 Å². The molecule has 5 rings (SSSR count). The second-order valence-corrected chi connectivity index (χ2v) is 8.07. The molecule has 3 fully saturated rings. The Morgan fingerprint density at radius 2 is 2.19 bits per heavy atom. The number of allylic oxidation sites excluding steroid dienone is 1. The Morgan fingerprint density at radius 3 is 3.10 bits per heavy atom. The molecule has 3 saturated carbocycles. The third-order valence-corrected chi connectivity index (χ3v) is 7.31. The number of ketones is 1. The van der Waals surface area contributed by atoms with Crippen molar-refractivity contribution in [1.29, 1.82) is 0 Å². The summed E-state index contributed by atoms with van der Waals surface area (Å²) in [6, 6.07) is 2.17. The maximum absolute atomic E-state index is 12.3. The second-order valence-electron chi connectivity index (χ2n) is 8.07. The lowest BCUT2D eigenvalue weighted by Gasteiger charge is -2.57. The Morgan fingerprint density at radius 1 is 1.29 bits per heavy atom. The van der Waals surface area contributed by atoms with E-state index in [0.717, 1.165) is 18.6 Å². The molecule has 0 N–H and O–H groups in total. The fourth-order valence-electron chi connectivity index (χ4n) is 6.42. The highest BCUT2D eigenvalue weighted by atomic mass is 16.3. The normalized spacial score (nSPS) is 46.9. The van der Waals surface area contributed by atoms with Crippen molar-refractivity contribution in [3.05, 3.63) is 29.7 Å². The Hall–Kier alpha value is -1.31. The Bertz CT molecular complexity index is 654. The summed E-state index contributed by atoms with van der Waals surface area (Å²) in [4.78, 5) is 12.3. The van der Waals surface area contributed by atoms with Crippen LogP contribution in [0.25, 0.3) is 6.08 Å². The molecule has 0 aliphatic heterocycles. The van der Waals surface area contributed by atoms with Gasteiger partial charge in [0, 0.05) is 17.9 Å². The number of Topliss-reactive ketones (excluding diaryl/α,β-unsaturated/α-hetero) is 1. The minimum absolute atomic E-state index is 0.213. The summed E-state index contributed by atoms with van der Waals surface area (Å²) in [6.07, 6.45) is 13.3. The van der Waals surface area contributed by atoms with Gasteiger partial charge in [-0.1, -0.05) is 13.0 Å². The molecular weight excluding hydrogens is 260 g/mol. The monoisotopic (exact) mass is 282 g/mol. The van der Waals surface area contributed by atoms with E-state index in [1.54, 1.807) is 0 Å². The molecule has 4 aliphatic rings. The predicted molar refractivity (Wildman–Crippen MR) is 80.7 cm³/mol. The molecule has 4 aliphatic carbocycles. The van der Waals surface area contributed by atoms with Crippen LogP contribution in [-0.4, -0.2) is 5.78 Å². The summed E-state index contributed by atoms with van der Waals surface area (Å²) >= 11 is 0. The lowest BCUT2D eigenvalue weighted by molar-refractivity contribution is -0.120. The van der Waals surface area contributed by atoms with Crippen LogP contribution in [0, 0.1) is 22.7 Å². The average Bonchev–Trinajstić information content (AvgIpc) is 3.02. The van der Waals surface area contributed by atoms with Crippen molar-refractivity contribution in [3.63, 3.8) is 0 Å². The number of fused-ring (bicyclic) bond motifs is 5. The van der Waals surface area contributed by atoms with Gasteiger partial charge < -0.3 is 4.42 Å². The molecular formula is C19H22O2. The highest BCUT2D eigenvalue weighted by Crippen LogP contribution is 2.68. The topological polar surface area (TPSA) is 30.2 Å². The van der Waals surface area contributed by atoms with Gasteiger partial charge in [0.15, 0.2) is 0 Å². The van der Waals surface area contributed by atoms with Crippen LogP contribution in [-0.2, 0) is 4.79 Å². The second kappa shape index (κ2) is 3.71. The van der Waals surface area contributed by atoms with Crippen LogP contribution in [0.15, 0.2) is 22.8 Å². The van der Waals surface area contributed by atoms with E-state index in [4.69, 9.17) is 4.42 Å². The van der Waals surface area contributed by atoms with E-state index in [1.165, 1.54) is 31.2 Å². The van der Waals surface area contributed by atoms with Crippen molar-refractivity contribution in [1.82, 2.24) is 0 Å². The Kier molecular flexibility index (Phi) is 2.17. The van der Waals surface area contributed by atoms with Gasteiger partial charge in [0.1, 0.15) is 11.5 Å². The summed E-state index contributed by atoms with van der Waals surface area (Å²) in [7, 11) is 0. The van der Waals surface area contributed by atoms with Gasteiger partial charge >= 0.3 is 0 Å². The fraction of sp³-hybridized carbons (Fsp3) is 0.632. The maximum atomic E-state index is 12.3. The van der Waals surface area contributed by atoms with Crippen molar-refractivity contribution >= 4 is 11.9 Å². The molecule has 2 nitrogen and oxygen atoms in total. The van der Waals surface area contributed by atoms with Gasteiger partial charge in [0.05, 0.1) is 6.26 Å². The molecule has 1 spiro atoms. The van der Waals surface area contributed by atoms with Crippen LogP contribution < -0.4 is 0 Å². The first-order valence-electron chi connectivity index (χ1n) is 8.42. The summed E-state index contributed by atoms with van der Waals surface area (Å²) in [5.41, 5.74) is 1.93. The quantitative estimate of drug-likeness (QED) is 0.698. The van der Waals surface area contributed by atoms with Crippen LogP contribution in [0.4, 0.5) is 0 Å². The number of rotatable bonds is 0. The molecule has 5 atom stereocenters. The lowest BCUT2D eigenvalue weighted by Crippen LogP contribution is -2.49. The van der Waals surface area contributed by atoms with E-state index >= 15 is 0 Å². The van der Waals surface area contributed by atoms with Crippen molar-refractivity contribution in [2.45, 2.75) is 51.4 Å². The average molecular weight is 282 g/mol. The van der Waals surface area contributed by atoms with E-state index in [9.17, 15) is 4.79 Å². The largest absolute Gasteiger partial charge is 0.465 e. The van der Waals surface area contributed by atoms with Crippen LogP contribution in [0.5, 0.6) is 0 Å². The zero-order valence-corrected chi connectivity index (χ0v) is 12.6. The summed E-state index contributed by atoms with van der Waals surface area (Å²) in [5.74, 6) is 3.26. The number of hydrogen-bond acceptors (Lipinski definition) is 2. The first-order valence-corrected chi connectivity index (χ1v) is 8.42. The third kappa shape index (κ3) is 1.37. The molecule has 0 saturated heterocycles. The first kappa shape index (κ1) is 12.3. The summed E-state index contributed by atoms with van der Waals surface area (Å²) in [6.45, 7) is 2.44. The standard InChI is InChI=1S/C19H22O2/c1-18-7-5-16-13(6-9-21-16)14(18)4-8-19-10-12(15(20)11-19)2-3-17(18)19/h5-7,9,12,14,17H,2-4,8,10-11H2,1H3/t12-,14+,17+,18+,19-/m0/s1. The van der Waals surface area contributed by atoms with Crippen LogP contribution in [0.3, 0.4) is 0 Å².